The van der Waals surface area contributed by atoms with Crippen molar-refractivity contribution in [3.8, 4) is 34.5 Å². The number of ether oxygens (including phenoxy) is 11. The number of nitrogens with one attached hydrogen (secondary N) is 3. The highest BCUT2D eigenvalue weighted by Crippen LogP contribution is 2.69. The number of alkyl halides is 2. The number of aromatic hydroxyl groups is 3. The number of hydrogen-bond donors (Lipinski definition) is 12. The van der Waals surface area contributed by atoms with Gasteiger partial charge in [0.05, 0.1) is 63.7 Å². The van der Waals surface area contributed by atoms with Crippen LogP contribution in [0.5, 0.6) is 34.5 Å². The molecule has 4 fully saturated rings. The van der Waals surface area contributed by atoms with Crippen molar-refractivity contribution in [2.24, 2.45) is 17.4 Å². The minimum absolute atomic E-state index is 0.00186. The number of benzene rings is 3. The Hall–Kier alpha value is -11.8. The Morgan fingerprint density at radius 3 is 1.20 bits per heavy atom. The van der Waals surface area contributed by atoms with Crippen molar-refractivity contribution in [3.05, 3.63) is 105 Å². The molecule has 6 bridgehead atoms. The van der Waals surface area contributed by atoms with Crippen LogP contribution in [0.25, 0.3) is 0 Å². The number of esters is 7. The molecule has 4 saturated heterocycles. The molecule has 7 aliphatic heterocycles. The van der Waals surface area contributed by atoms with Gasteiger partial charge in [-0.3, -0.25) is 43.2 Å². The van der Waals surface area contributed by atoms with E-state index in [2.05, 4.69) is 30.7 Å². The lowest BCUT2D eigenvalue weighted by atomic mass is 9.50. The zero-order chi connectivity index (χ0) is 107. The van der Waals surface area contributed by atoms with Crippen molar-refractivity contribution in [3.63, 3.8) is 0 Å². The van der Waals surface area contributed by atoms with E-state index in [1.165, 1.54) is 27.7 Å². The van der Waals surface area contributed by atoms with E-state index in [9.17, 15) is 103 Å². The Morgan fingerprint density at radius 1 is 0.497 bits per heavy atom. The van der Waals surface area contributed by atoms with Gasteiger partial charge in [0.2, 0.25) is 11.8 Å². The van der Waals surface area contributed by atoms with Gasteiger partial charge in [-0.25, -0.2) is 24.0 Å². The van der Waals surface area contributed by atoms with Crippen molar-refractivity contribution in [1.82, 2.24) is 35.7 Å². The van der Waals surface area contributed by atoms with Gasteiger partial charge >= 0.3 is 59.8 Å². The third-order valence-electron chi connectivity index (χ3n) is 28.8. The summed E-state index contributed by atoms with van der Waals surface area (Å²) in [6, 6.07) is 7.55. The van der Waals surface area contributed by atoms with Crippen molar-refractivity contribution in [2.45, 2.75) is 316 Å². The number of likely N-dealkylation sites (N-methyl/N-ethyl adjacent to an activating group) is 3. The van der Waals surface area contributed by atoms with Crippen LogP contribution in [0.15, 0.2) is 71.9 Å². The van der Waals surface area contributed by atoms with Gasteiger partial charge in [0.1, 0.15) is 40.3 Å². The maximum Gasteiger partial charge on any atom is 0.408 e. The Balaban J connectivity index is 0.000000172. The highest BCUT2D eigenvalue weighted by atomic mass is 35.5. The number of likely N-dealkylation sites (tertiary alicyclic amines) is 3. The highest BCUT2D eigenvalue weighted by Gasteiger charge is 2.76. The molecular weight excluding hydrogens is 1940 g/mol. The Labute approximate surface area is 847 Å². The average Bonchev–Trinajstić information content (AvgIpc) is 1.53. The van der Waals surface area contributed by atoms with Gasteiger partial charge in [-0.15, -0.1) is 28.3 Å². The van der Waals surface area contributed by atoms with Gasteiger partial charge in [-0.1, -0.05) is 25.1 Å². The largest absolute Gasteiger partial charge is 0.504 e. The summed E-state index contributed by atoms with van der Waals surface area (Å²) in [4.78, 5) is 192. The number of nitrogens with two attached hydrogens (primary N) is 2. The molecule has 3 aromatic rings. The van der Waals surface area contributed by atoms with Gasteiger partial charge in [0.15, 0.2) is 71.1 Å². The molecule has 16 rings (SSSR count). The number of hydrogen-bond acceptors (Lipinski definition) is 38. The number of amides is 5. The van der Waals surface area contributed by atoms with E-state index in [4.69, 9.17) is 96.7 Å². The first-order valence-corrected chi connectivity index (χ1v) is 49.5. The molecule has 0 unspecified atom stereocenters. The van der Waals surface area contributed by atoms with Crippen LogP contribution in [-0.2, 0) is 145 Å². The number of imide groups is 1. The molecule has 18 atom stereocenters. The second kappa shape index (κ2) is 44.9. The molecular formula is C100H131Cl2N9O34. The maximum absolute atomic E-state index is 13.0. The number of nitrogens with zero attached hydrogens (tertiary/aromatic N) is 4. The fourth-order valence-corrected chi connectivity index (χ4v) is 21.9. The summed E-state index contributed by atoms with van der Waals surface area (Å²) in [5, 5.41) is 84.8. The van der Waals surface area contributed by atoms with Gasteiger partial charge in [-0.2, -0.15) is 0 Å². The lowest BCUT2D eigenvalue weighted by Gasteiger charge is -2.61. The number of aliphatic carboxylic acids is 1. The summed E-state index contributed by atoms with van der Waals surface area (Å²) in [6.45, 7) is 19.6. The number of phenols is 3. The Morgan fingerprint density at radius 2 is 0.855 bits per heavy atom. The normalized spacial score (nSPS) is 26.8. The van der Waals surface area contributed by atoms with Crippen molar-refractivity contribution in [2.75, 3.05) is 65.8 Å². The number of ketones is 1. The molecule has 13 aliphatic rings. The lowest BCUT2D eigenvalue weighted by molar-refractivity contribution is -0.199. The Kier molecular flexibility index (Phi) is 34.6. The van der Waals surface area contributed by atoms with Crippen LogP contribution in [0.3, 0.4) is 0 Å². The SMILES string of the molecule is CC(=O)CC[C@H](C)C(=O)NCCC(=O)O[C@@H](C)C(=O)OC1=CC[C@@]2(O)[C@H]3Cc4ccc(O)c5c4[C@@]2(CCN3C)[C@H]1O5.CC(C)(C)OC(=O)CC[C@H](NC(=O)OC(C)(C)C)C(=O)ON1C(=O)CCC1=O.C[C@H](OC(=O)CCN)C(=O)OC1=CC[C@@]2(O)[C@H]3Cc4ccc(O)c5c4[C@@]2(CCN3C)[C@H]1O5.C[C@H](OC(=O)CCNC(=O)[C@@H](N)CCC(=O)O)C(=O)OC1=CC[C@@]2(O)[C@H]3Cc4ccc(O)c5c4[C@@]2(CCN3C)[C@H]1O5.ClCCl. The number of carbonyl (C=O) groups is 15. The summed E-state index contributed by atoms with van der Waals surface area (Å²) in [5.41, 5.74) is 8.66. The maximum atomic E-state index is 13.0. The topological polar surface area (TPSA) is 610 Å². The number of carboxylic acids is 1. The van der Waals surface area contributed by atoms with Gasteiger partial charge < -0.3 is 140 Å². The predicted molar refractivity (Wildman–Crippen MR) is 510 cm³/mol. The molecule has 0 aromatic heterocycles. The highest BCUT2D eigenvalue weighted by molar-refractivity contribution is 6.40. The second-order valence-corrected chi connectivity index (χ2v) is 41.5. The number of Topliss-reactive ketones (excluding diaryl/α,β-unsaturated/α-hetero) is 1. The molecule has 14 N–H and O–H groups in total. The van der Waals surface area contributed by atoms with Crippen LogP contribution in [0.4, 0.5) is 4.79 Å². The van der Waals surface area contributed by atoms with Gasteiger partial charge in [0, 0.05) is 112 Å². The Bertz CT molecular complexity index is 5430. The first-order chi connectivity index (χ1) is 68.1. The first kappa shape index (κ1) is 112. The number of hydroxylamine groups is 2. The number of halogens is 2. The number of rotatable bonds is 31. The molecule has 6 aliphatic carbocycles. The lowest BCUT2D eigenvalue weighted by Crippen LogP contribution is -2.74. The molecule has 7 heterocycles. The first-order valence-electron chi connectivity index (χ1n) is 48.4. The number of carbonyl (C=O) groups excluding carboxylic acids is 14. The molecule has 45 heteroatoms. The molecule has 43 nitrogen and oxygen atoms in total. The van der Waals surface area contributed by atoms with E-state index in [0.29, 0.717) is 86.8 Å². The zero-order valence-corrected chi connectivity index (χ0v) is 85.1. The predicted octanol–water partition coefficient (Wildman–Crippen LogP) is 5.02. The van der Waals surface area contributed by atoms with Crippen molar-refractivity contribution >= 4 is 112 Å². The van der Waals surface area contributed by atoms with Crippen LogP contribution in [0.1, 0.15) is 219 Å². The van der Waals surface area contributed by atoms with Gasteiger partial charge in [0.25, 0.3) is 11.8 Å². The monoisotopic (exact) mass is 2070 g/mol. The summed E-state index contributed by atoms with van der Waals surface area (Å²) < 4.78 is 61.7. The quantitative estimate of drug-likeness (QED) is 0.0174. The molecule has 5 amide bonds. The molecule has 3 spiro atoms. The van der Waals surface area contributed by atoms with Crippen molar-refractivity contribution < 1.29 is 165 Å². The van der Waals surface area contributed by atoms with Crippen LogP contribution in [0, 0.1) is 5.92 Å². The summed E-state index contributed by atoms with van der Waals surface area (Å²) in [5.74, 6) is -8.03. The summed E-state index contributed by atoms with van der Waals surface area (Å²) >= 11 is 9.53. The number of aliphatic hydroxyl groups is 3. The van der Waals surface area contributed by atoms with Crippen LogP contribution >= 0.6 is 23.2 Å². The van der Waals surface area contributed by atoms with E-state index in [1.807, 2.05) is 39.3 Å². The van der Waals surface area contributed by atoms with E-state index >= 15 is 0 Å². The third-order valence-corrected chi connectivity index (χ3v) is 28.8. The smallest absolute Gasteiger partial charge is 0.408 e. The van der Waals surface area contributed by atoms with E-state index in [1.54, 1.807) is 84.9 Å². The van der Waals surface area contributed by atoms with Crippen LogP contribution in [0.2, 0.25) is 0 Å². The number of alkyl carbamates (subject to hydrolysis) is 1. The number of phenolic OH excluding ortho intramolecular Hbond substituents is 3. The molecule has 0 radical (unpaired) electrons. The summed E-state index contributed by atoms with van der Waals surface area (Å²) in [7, 11) is 5.97. The molecule has 0 saturated carbocycles. The molecule has 3 aromatic carbocycles. The van der Waals surface area contributed by atoms with Crippen molar-refractivity contribution in [1.29, 1.82) is 0 Å². The zero-order valence-electron chi connectivity index (χ0n) is 83.6. The molecule has 794 valence electrons. The van der Waals surface area contributed by atoms with Crippen LogP contribution < -0.4 is 41.6 Å². The van der Waals surface area contributed by atoms with Crippen LogP contribution in [-0.4, -0.2) is 305 Å². The number of carboxylic acid groups (broad SMARTS) is 1. The number of piperidine rings is 3. The van der Waals surface area contributed by atoms with Gasteiger partial charge in [-0.05, 0) is 221 Å². The molecule has 145 heavy (non-hydrogen) atoms. The minimum atomic E-state index is -1.32. The minimum Gasteiger partial charge on any atom is -0.504 e. The third kappa shape index (κ3) is 22.8. The van der Waals surface area contributed by atoms with E-state index in [-0.39, 0.29) is 172 Å². The summed E-state index contributed by atoms with van der Waals surface area (Å²) in [6.07, 6.45) is 1.82. The second-order valence-electron chi connectivity index (χ2n) is 40.7. The fraction of sp³-hybridized carbons (Fsp3) is 0.610. The fourth-order valence-electron chi connectivity index (χ4n) is 21.9. The average molecular weight is 2070 g/mol. The van der Waals surface area contributed by atoms with E-state index in [0.717, 1.165) is 39.9 Å². The van der Waals surface area contributed by atoms with E-state index < -0.39 is 170 Å². The standard InChI is InChI=1S/C30H38N2O9.C28H35N3O10.C23H28N2O7.C18H28N2O8.CH2Cl2/c1-16(5-6-17(2)33)27(36)31-13-10-23(35)39-18(3)28(37)40-21-9-11-30(38)22-15-19-7-8-20(34)25-24(19)29(30,26(21)41-25)12-14-32(22)4;1-14(39-21(35)8-11-30-25(36)16(29)4-6-20(33)34)26(37)40-18-7-9-28(38)19-13-15-3-5-17(32)23-22(15)27(28,24(18)41-23)10-12-31(19)2;1-12(30-17(27)6-9-24)21(28)31-15-5-7-23(29)16-11-13-3-4-14(26)19-18(13)22(23,20(15)32-19)8-10-25(16)2;1-17(2,3)26-14(23)10-7-11(19-16(25)27-18(4,5)6)15(24)28-20-12(21)8-9-13(20)22;2-1-3/h7-9,16,18,22,26,34,38H,5-6,10-15H2,1-4H3,(H,31,36);3,5,7,14,16,19,24,32,38H,4,6,8-13,29H2,1-2H3,(H,30,36)(H,33,34);3-5,12,16,20,26,29H,6-11,24H2,1-2H3;11H,7-10H2,1-6H3,(H,19,25);1H2/t16-,18-,22+,26-,29-,30+;14-,16-,19+,24-,27-,28+;12-,16+,20-,22-,23+;11-;/m0000./s1.